The van der Waals surface area contributed by atoms with Crippen LogP contribution in [0.1, 0.15) is 20.3 Å². The minimum Gasteiger partial charge on any atom is -0.369 e. The molecule has 0 aliphatic rings. The molecule has 0 atom stereocenters. The third kappa shape index (κ3) is 5.19. The lowest BCUT2D eigenvalue weighted by atomic mass is 10.4. The molecule has 0 radical (unpaired) electrons. The molecule has 0 aliphatic heterocycles. The lowest BCUT2D eigenvalue weighted by Crippen LogP contribution is -2.29. The van der Waals surface area contributed by atoms with E-state index in [0.29, 0.717) is 11.0 Å². The summed E-state index contributed by atoms with van der Waals surface area (Å²) in [7, 11) is 0. The number of nitrogens with one attached hydrogen (secondary N) is 1. The molecule has 0 aliphatic carbocycles. The van der Waals surface area contributed by atoms with Crippen molar-refractivity contribution in [1.82, 2.24) is 14.9 Å². The maximum Gasteiger partial charge on any atom is 0.223 e. The van der Waals surface area contributed by atoms with Crippen molar-refractivity contribution in [3.63, 3.8) is 0 Å². The van der Waals surface area contributed by atoms with Crippen molar-refractivity contribution in [3.8, 4) is 0 Å². The summed E-state index contributed by atoms with van der Waals surface area (Å²) in [5.74, 6) is 0.871. The number of hydrogen-bond acceptors (Lipinski definition) is 5. The molecule has 0 spiro atoms. The number of likely N-dealkylation sites (N-methyl/N-ethyl adjacent to an activating group) is 1. The van der Waals surface area contributed by atoms with E-state index in [0.717, 1.165) is 26.2 Å². The minimum atomic E-state index is 0.195. The number of halogens is 1. The quantitative estimate of drug-likeness (QED) is 0.730. The van der Waals surface area contributed by atoms with Gasteiger partial charge in [0, 0.05) is 19.2 Å². The van der Waals surface area contributed by atoms with E-state index in [-0.39, 0.29) is 5.95 Å². The highest BCUT2D eigenvalue weighted by Crippen LogP contribution is 2.11. The number of rotatable bonds is 7. The van der Waals surface area contributed by atoms with Gasteiger partial charge in [0.25, 0.3) is 0 Å². The van der Waals surface area contributed by atoms with E-state index in [2.05, 4.69) is 34.0 Å². The number of anilines is 2. The molecule has 5 nitrogen and oxygen atoms in total. The first-order chi connectivity index (χ1) is 8.15. The van der Waals surface area contributed by atoms with E-state index >= 15 is 0 Å². The zero-order valence-corrected chi connectivity index (χ0v) is 11.2. The van der Waals surface area contributed by atoms with Gasteiger partial charge in [-0.25, -0.2) is 4.98 Å². The fourth-order valence-electron chi connectivity index (χ4n) is 1.61. The van der Waals surface area contributed by atoms with Crippen molar-refractivity contribution in [3.05, 3.63) is 11.2 Å². The minimum absolute atomic E-state index is 0.195. The van der Waals surface area contributed by atoms with E-state index in [1.165, 1.54) is 6.42 Å². The number of nitrogens with zero attached hydrogens (tertiary/aromatic N) is 3. The van der Waals surface area contributed by atoms with Gasteiger partial charge in [0.15, 0.2) is 0 Å². The highest BCUT2D eigenvalue weighted by atomic mass is 35.5. The van der Waals surface area contributed by atoms with Crippen molar-refractivity contribution in [2.24, 2.45) is 0 Å². The van der Waals surface area contributed by atoms with Crippen LogP contribution in [0.5, 0.6) is 0 Å². The van der Waals surface area contributed by atoms with Gasteiger partial charge in [-0.2, -0.15) is 4.98 Å². The Kier molecular flexibility index (Phi) is 6.00. The molecule has 0 bridgehead atoms. The molecule has 1 heterocycles. The highest BCUT2D eigenvalue weighted by Gasteiger charge is 2.02. The van der Waals surface area contributed by atoms with Crippen LogP contribution in [-0.2, 0) is 0 Å². The van der Waals surface area contributed by atoms with Crippen LogP contribution in [0.3, 0.4) is 0 Å². The summed E-state index contributed by atoms with van der Waals surface area (Å²) in [6.45, 7) is 8.32. The summed E-state index contributed by atoms with van der Waals surface area (Å²) < 4.78 is 0. The average molecular weight is 258 g/mol. The largest absolute Gasteiger partial charge is 0.369 e. The molecular formula is C11H20ClN5. The maximum absolute atomic E-state index is 5.79. The Bertz CT molecular complexity index is 324. The van der Waals surface area contributed by atoms with Gasteiger partial charge < -0.3 is 16.0 Å². The first-order valence-corrected chi connectivity index (χ1v) is 6.29. The maximum atomic E-state index is 5.79. The SMILES string of the molecule is CCCN(CC)CCNc1cc(Cl)nc(N)n1. The van der Waals surface area contributed by atoms with Crippen molar-refractivity contribution in [2.45, 2.75) is 20.3 Å². The molecule has 0 fully saturated rings. The third-order valence-electron chi connectivity index (χ3n) is 2.43. The van der Waals surface area contributed by atoms with Gasteiger partial charge in [-0.15, -0.1) is 0 Å². The predicted octanol–water partition coefficient (Wildman–Crippen LogP) is 1.86. The summed E-state index contributed by atoms with van der Waals surface area (Å²) in [4.78, 5) is 10.2. The zero-order valence-electron chi connectivity index (χ0n) is 10.4. The van der Waals surface area contributed by atoms with Crippen LogP contribution in [-0.4, -0.2) is 41.0 Å². The molecule has 3 N–H and O–H groups in total. The van der Waals surface area contributed by atoms with Gasteiger partial charge in [0.2, 0.25) is 5.95 Å². The molecule has 96 valence electrons. The van der Waals surface area contributed by atoms with Crippen molar-refractivity contribution < 1.29 is 0 Å². The summed E-state index contributed by atoms with van der Waals surface area (Å²) >= 11 is 5.79. The lowest BCUT2D eigenvalue weighted by molar-refractivity contribution is 0.300. The van der Waals surface area contributed by atoms with Crippen LogP contribution in [0.2, 0.25) is 5.15 Å². The van der Waals surface area contributed by atoms with Crippen molar-refractivity contribution >= 4 is 23.4 Å². The Morgan fingerprint density at radius 1 is 1.35 bits per heavy atom. The van der Waals surface area contributed by atoms with E-state index in [4.69, 9.17) is 17.3 Å². The van der Waals surface area contributed by atoms with E-state index in [9.17, 15) is 0 Å². The molecule has 1 aromatic heterocycles. The van der Waals surface area contributed by atoms with Crippen LogP contribution in [0.15, 0.2) is 6.07 Å². The molecular weight excluding hydrogens is 238 g/mol. The Balaban J connectivity index is 2.39. The van der Waals surface area contributed by atoms with E-state index < -0.39 is 0 Å². The fraction of sp³-hybridized carbons (Fsp3) is 0.636. The molecule has 0 unspecified atom stereocenters. The number of nitrogens with two attached hydrogens (primary N) is 1. The average Bonchev–Trinajstić information content (AvgIpc) is 2.26. The molecule has 6 heteroatoms. The zero-order chi connectivity index (χ0) is 12.7. The van der Waals surface area contributed by atoms with Gasteiger partial charge in [-0.1, -0.05) is 25.4 Å². The second kappa shape index (κ2) is 7.29. The monoisotopic (exact) mass is 257 g/mol. The second-order valence-electron chi connectivity index (χ2n) is 3.80. The Labute approximate surface area is 107 Å². The van der Waals surface area contributed by atoms with E-state index in [1.54, 1.807) is 6.07 Å². The molecule has 0 aromatic carbocycles. The highest BCUT2D eigenvalue weighted by molar-refractivity contribution is 6.29. The third-order valence-corrected chi connectivity index (χ3v) is 2.63. The second-order valence-corrected chi connectivity index (χ2v) is 4.18. The summed E-state index contributed by atoms with van der Waals surface area (Å²) in [6.07, 6.45) is 1.17. The Hall–Kier alpha value is -1.07. The lowest BCUT2D eigenvalue weighted by Gasteiger charge is -2.19. The normalized spacial score (nSPS) is 10.8. The number of hydrogen-bond donors (Lipinski definition) is 2. The van der Waals surface area contributed by atoms with Crippen LogP contribution in [0, 0.1) is 0 Å². The Morgan fingerprint density at radius 3 is 2.71 bits per heavy atom. The summed E-state index contributed by atoms with van der Waals surface area (Å²) in [5, 5.41) is 3.55. The van der Waals surface area contributed by atoms with Crippen LogP contribution >= 0.6 is 11.6 Å². The van der Waals surface area contributed by atoms with Crippen LogP contribution in [0.25, 0.3) is 0 Å². The van der Waals surface area contributed by atoms with Crippen molar-refractivity contribution in [1.29, 1.82) is 0 Å². The molecule has 0 saturated heterocycles. The van der Waals surface area contributed by atoms with Gasteiger partial charge in [-0.3, -0.25) is 0 Å². The topological polar surface area (TPSA) is 67.1 Å². The molecule has 0 amide bonds. The first-order valence-electron chi connectivity index (χ1n) is 5.92. The first kappa shape index (κ1) is 14.0. The fourth-order valence-corrected chi connectivity index (χ4v) is 1.80. The van der Waals surface area contributed by atoms with Crippen LogP contribution in [0.4, 0.5) is 11.8 Å². The Morgan fingerprint density at radius 2 is 2.12 bits per heavy atom. The molecule has 1 aromatic rings. The van der Waals surface area contributed by atoms with Crippen molar-refractivity contribution in [2.75, 3.05) is 37.2 Å². The summed E-state index contributed by atoms with van der Waals surface area (Å²) in [6, 6.07) is 1.67. The standard InChI is InChI=1S/C11H20ClN5/c1-3-6-17(4-2)7-5-14-10-8-9(12)15-11(13)16-10/h8H,3-7H2,1-2H3,(H3,13,14,15,16). The number of aromatic nitrogens is 2. The smallest absolute Gasteiger partial charge is 0.223 e. The number of nitrogen functional groups attached to an aromatic ring is 1. The van der Waals surface area contributed by atoms with Gasteiger partial charge in [0.1, 0.15) is 11.0 Å². The van der Waals surface area contributed by atoms with Gasteiger partial charge in [-0.05, 0) is 19.5 Å². The van der Waals surface area contributed by atoms with E-state index in [1.807, 2.05) is 0 Å². The van der Waals surface area contributed by atoms with Crippen LogP contribution < -0.4 is 11.1 Å². The molecule has 0 saturated carbocycles. The van der Waals surface area contributed by atoms with Gasteiger partial charge in [0.05, 0.1) is 0 Å². The summed E-state index contributed by atoms with van der Waals surface area (Å²) in [5.41, 5.74) is 5.51. The van der Waals surface area contributed by atoms with Gasteiger partial charge >= 0.3 is 0 Å². The predicted molar refractivity (Wildman–Crippen MR) is 72.3 cm³/mol. The molecule has 17 heavy (non-hydrogen) atoms. The molecule has 1 rings (SSSR count).